The molecule has 0 N–H and O–H groups in total. The summed E-state index contributed by atoms with van der Waals surface area (Å²) in [6.45, 7) is 4.27. The van der Waals surface area contributed by atoms with Crippen LogP contribution in [0.25, 0.3) is 0 Å². The van der Waals surface area contributed by atoms with Gasteiger partial charge in [0.15, 0.2) is 5.78 Å². The van der Waals surface area contributed by atoms with Crippen molar-refractivity contribution >= 4 is 11.7 Å². The normalized spacial score (nSPS) is 17.8. The molecule has 1 amide bonds. The molecule has 1 fully saturated rings. The molecule has 2 rings (SSSR count). The molecular weight excluding hydrogens is 238 g/mol. The minimum absolute atomic E-state index is 0.104. The average Bonchev–Trinajstić information content (AvgIpc) is 2.65. The van der Waals surface area contributed by atoms with Gasteiger partial charge in [-0.1, -0.05) is 30.3 Å². The molecule has 0 radical (unpaired) electrons. The number of rotatable bonds is 4. The summed E-state index contributed by atoms with van der Waals surface area (Å²) in [6, 6.07) is 10.2. The lowest BCUT2D eigenvalue weighted by molar-refractivity contribution is -0.138. The van der Waals surface area contributed by atoms with Crippen LogP contribution >= 0.6 is 0 Å². The Kier molecular flexibility index (Phi) is 4.03. The number of carbonyl (C=O) groups excluding carboxylic acids is 2. The predicted molar refractivity (Wildman–Crippen MR) is 74.8 cm³/mol. The maximum absolute atomic E-state index is 12.2. The van der Waals surface area contributed by atoms with E-state index in [1.807, 2.05) is 32.0 Å². The van der Waals surface area contributed by atoms with Gasteiger partial charge in [-0.25, -0.2) is 0 Å². The van der Waals surface area contributed by atoms with Gasteiger partial charge in [-0.2, -0.15) is 0 Å². The molecule has 0 spiro atoms. The Labute approximate surface area is 114 Å². The van der Waals surface area contributed by atoms with Gasteiger partial charge in [-0.3, -0.25) is 9.59 Å². The van der Waals surface area contributed by atoms with Crippen molar-refractivity contribution in [1.82, 2.24) is 4.90 Å². The van der Waals surface area contributed by atoms with E-state index in [1.165, 1.54) is 5.56 Å². The summed E-state index contributed by atoms with van der Waals surface area (Å²) in [5.41, 5.74) is 0.649. The number of nitrogens with zero attached hydrogens (tertiary/aromatic N) is 1. The molecule has 1 aliphatic heterocycles. The first-order valence-corrected chi connectivity index (χ1v) is 6.89. The van der Waals surface area contributed by atoms with Gasteiger partial charge >= 0.3 is 0 Å². The van der Waals surface area contributed by atoms with Crippen LogP contribution in [0.4, 0.5) is 0 Å². The molecule has 3 nitrogen and oxygen atoms in total. The van der Waals surface area contributed by atoms with Gasteiger partial charge in [-0.15, -0.1) is 0 Å². The van der Waals surface area contributed by atoms with Gasteiger partial charge in [0.2, 0.25) is 5.91 Å². The van der Waals surface area contributed by atoms with Crippen LogP contribution in [0.3, 0.4) is 0 Å². The van der Waals surface area contributed by atoms with Crippen molar-refractivity contribution in [3.63, 3.8) is 0 Å². The summed E-state index contributed by atoms with van der Waals surface area (Å²) in [5, 5.41) is 0. The molecule has 0 atom stereocenters. The van der Waals surface area contributed by atoms with Crippen molar-refractivity contribution in [3.8, 4) is 0 Å². The Morgan fingerprint density at radius 1 is 1.26 bits per heavy atom. The van der Waals surface area contributed by atoms with Crippen molar-refractivity contribution in [1.29, 1.82) is 0 Å². The van der Waals surface area contributed by atoms with Gasteiger partial charge in [-0.05, 0) is 32.3 Å². The van der Waals surface area contributed by atoms with E-state index >= 15 is 0 Å². The molecule has 0 bridgehead atoms. The number of ketones is 1. The Balaban J connectivity index is 1.84. The number of aryl methyl sites for hydroxylation is 1. The van der Waals surface area contributed by atoms with Crippen LogP contribution in [0.15, 0.2) is 30.3 Å². The van der Waals surface area contributed by atoms with E-state index < -0.39 is 5.54 Å². The topological polar surface area (TPSA) is 37.4 Å². The first-order valence-electron chi connectivity index (χ1n) is 6.89. The molecule has 0 aliphatic carbocycles. The fourth-order valence-corrected chi connectivity index (χ4v) is 2.61. The maximum Gasteiger partial charge on any atom is 0.223 e. The smallest absolute Gasteiger partial charge is 0.223 e. The van der Waals surface area contributed by atoms with Gasteiger partial charge in [0, 0.05) is 19.4 Å². The third-order valence-corrected chi connectivity index (χ3v) is 3.92. The van der Waals surface area contributed by atoms with E-state index in [9.17, 15) is 9.59 Å². The van der Waals surface area contributed by atoms with Gasteiger partial charge in [0.25, 0.3) is 0 Å². The molecule has 1 aliphatic rings. The Morgan fingerprint density at radius 3 is 2.53 bits per heavy atom. The molecule has 3 heteroatoms. The number of Topliss-reactive ketones (excluding diaryl/α,β-unsaturated/α-hetero) is 1. The summed E-state index contributed by atoms with van der Waals surface area (Å²) < 4.78 is 0. The van der Waals surface area contributed by atoms with E-state index in [2.05, 4.69) is 12.1 Å². The number of amides is 1. The third-order valence-electron chi connectivity index (χ3n) is 3.92. The summed E-state index contributed by atoms with van der Waals surface area (Å²) in [4.78, 5) is 25.6. The highest BCUT2D eigenvalue weighted by Crippen LogP contribution is 2.26. The second-order valence-electron chi connectivity index (χ2n) is 5.62. The summed E-state index contributed by atoms with van der Waals surface area (Å²) in [7, 11) is 0. The lowest BCUT2D eigenvalue weighted by Gasteiger charge is -2.30. The number of benzene rings is 1. The molecule has 102 valence electrons. The molecule has 1 aromatic rings. The number of hydrogen-bond donors (Lipinski definition) is 0. The van der Waals surface area contributed by atoms with Crippen LogP contribution < -0.4 is 0 Å². The third kappa shape index (κ3) is 3.03. The minimum Gasteiger partial charge on any atom is -0.330 e. The first-order chi connectivity index (χ1) is 9.01. The van der Waals surface area contributed by atoms with Crippen LogP contribution in [-0.2, 0) is 16.0 Å². The quantitative estimate of drug-likeness (QED) is 0.833. The number of hydrogen-bond acceptors (Lipinski definition) is 2. The molecule has 0 saturated carbocycles. The Hall–Kier alpha value is -1.64. The van der Waals surface area contributed by atoms with Crippen LogP contribution in [0.2, 0.25) is 0 Å². The Morgan fingerprint density at radius 2 is 1.95 bits per heavy atom. The SMILES string of the molecule is CC1(C)C(=O)CCN1C(=O)CCCc1ccccc1. The molecule has 1 heterocycles. The predicted octanol–water partition coefficient (Wildman–Crippen LogP) is 2.59. The Bertz CT molecular complexity index is 465. The van der Waals surface area contributed by atoms with E-state index in [1.54, 1.807) is 4.90 Å². The molecule has 1 aromatic carbocycles. The van der Waals surface area contributed by atoms with Crippen molar-refractivity contribution in [3.05, 3.63) is 35.9 Å². The summed E-state index contributed by atoms with van der Waals surface area (Å²) in [6.07, 6.45) is 2.77. The van der Waals surface area contributed by atoms with Crippen LogP contribution in [0.1, 0.15) is 38.7 Å². The second kappa shape index (κ2) is 5.55. The zero-order chi connectivity index (χ0) is 13.9. The van der Waals surface area contributed by atoms with E-state index in [0.717, 1.165) is 12.8 Å². The largest absolute Gasteiger partial charge is 0.330 e. The zero-order valence-corrected chi connectivity index (χ0v) is 11.7. The molecule has 1 saturated heterocycles. The van der Waals surface area contributed by atoms with Gasteiger partial charge in [0.1, 0.15) is 0 Å². The van der Waals surface area contributed by atoms with Gasteiger partial charge in [0.05, 0.1) is 5.54 Å². The number of carbonyl (C=O) groups is 2. The van der Waals surface area contributed by atoms with Gasteiger partial charge < -0.3 is 4.90 Å². The average molecular weight is 259 g/mol. The van der Waals surface area contributed by atoms with E-state index in [4.69, 9.17) is 0 Å². The first kappa shape index (κ1) is 13.8. The summed E-state index contributed by atoms with van der Waals surface area (Å²) in [5.74, 6) is 0.274. The standard InChI is InChI=1S/C16H21NO2/c1-16(2)14(18)11-12-17(16)15(19)10-6-9-13-7-4-3-5-8-13/h3-5,7-8H,6,9-12H2,1-2H3. The second-order valence-corrected chi connectivity index (χ2v) is 5.62. The lowest BCUT2D eigenvalue weighted by atomic mass is 10.00. The fourth-order valence-electron chi connectivity index (χ4n) is 2.61. The van der Waals surface area contributed by atoms with Crippen molar-refractivity contribution < 1.29 is 9.59 Å². The fraction of sp³-hybridized carbons (Fsp3) is 0.500. The molecule has 19 heavy (non-hydrogen) atoms. The molecule has 0 unspecified atom stereocenters. The summed E-state index contributed by atoms with van der Waals surface area (Å²) >= 11 is 0. The van der Waals surface area contributed by atoms with E-state index in [0.29, 0.717) is 19.4 Å². The van der Waals surface area contributed by atoms with Crippen LogP contribution in [-0.4, -0.2) is 28.7 Å². The van der Waals surface area contributed by atoms with Crippen LogP contribution in [0.5, 0.6) is 0 Å². The lowest BCUT2D eigenvalue weighted by Crippen LogP contribution is -2.46. The number of likely N-dealkylation sites (tertiary alicyclic amines) is 1. The monoisotopic (exact) mass is 259 g/mol. The van der Waals surface area contributed by atoms with Crippen molar-refractivity contribution in [2.45, 2.75) is 45.1 Å². The molecule has 0 aromatic heterocycles. The van der Waals surface area contributed by atoms with E-state index in [-0.39, 0.29) is 11.7 Å². The highest BCUT2D eigenvalue weighted by atomic mass is 16.2. The maximum atomic E-state index is 12.2. The van der Waals surface area contributed by atoms with Crippen molar-refractivity contribution in [2.75, 3.05) is 6.54 Å². The molecular formula is C16H21NO2. The minimum atomic E-state index is -0.607. The highest BCUT2D eigenvalue weighted by Gasteiger charge is 2.42. The van der Waals surface area contributed by atoms with Crippen LogP contribution in [0, 0.1) is 0 Å². The van der Waals surface area contributed by atoms with Crippen molar-refractivity contribution in [2.24, 2.45) is 0 Å². The zero-order valence-electron chi connectivity index (χ0n) is 11.7. The highest BCUT2D eigenvalue weighted by molar-refractivity contribution is 5.95.